The van der Waals surface area contributed by atoms with Gasteiger partial charge in [0.25, 0.3) is 0 Å². The van der Waals surface area contributed by atoms with E-state index < -0.39 is 12.0 Å². The second-order valence-corrected chi connectivity index (χ2v) is 2.29. The van der Waals surface area contributed by atoms with Crippen molar-refractivity contribution in [1.29, 1.82) is 0 Å². The number of hydrogen-bond acceptors (Lipinski definition) is 4. The summed E-state index contributed by atoms with van der Waals surface area (Å²) < 4.78 is 0. The Morgan fingerprint density at radius 1 is 1.50 bits per heavy atom. The first kappa shape index (κ1) is 10.9. The molecule has 0 spiro atoms. The number of carboxylic acids is 1. The fourth-order valence-electron chi connectivity index (χ4n) is 0.531. The molecule has 0 aliphatic carbocycles. The average Bonchev–Trinajstić information content (AvgIpc) is 2.00. The smallest absolute Gasteiger partial charge is 0.322 e. The van der Waals surface area contributed by atoms with E-state index in [2.05, 4.69) is 5.32 Å². The van der Waals surface area contributed by atoms with E-state index in [4.69, 9.17) is 16.6 Å². The Balaban J connectivity index is 3.54. The van der Waals surface area contributed by atoms with Crippen molar-refractivity contribution in [3.05, 3.63) is 0 Å². The van der Waals surface area contributed by atoms with Gasteiger partial charge in [0, 0.05) is 19.5 Å². The molecule has 0 fully saturated rings. The van der Waals surface area contributed by atoms with Gasteiger partial charge >= 0.3 is 5.97 Å². The standard InChI is InChI=1S/C6H13N3O3/c7-2-1-5(10)9-3-4(8)6(11)12/h4H,1-3,7-8H2,(H,9,10)(H,11,12)/t4-/m0/s1. The van der Waals surface area contributed by atoms with Gasteiger partial charge in [-0.15, -0.1) is 0 Å². The van der Waals surface area contributed by atoms with Gasteiger partial charge in [-0.05, 0) is 0 Å². The van der Waals surface area contributed by atoms with Crippen molar-refractivity contribution >= 4 is 11.9 Å². The highest BCUT2D eigenvalue weighted by Gasteiger charge is 2.11. The van der Waals surface area contributed by atoms with E-state index in [-0.39, 0.29) is 25.4 Å². The van der Waals surface area contributed by atoms with Crippen LogP contribution >= 0.6 is 0 Å². The highest BCUT2D eigenvalue weighted by molar-refractivity contribution is 5.78. The van der Waals surface area contributed by atoms with Gasteiger partial charge in [0.05, 0.1) is 0 Å². The van der Waals surface area contributed by atoms with Crippen LogP contribution in [0.1, 0.15) is 6.42 Å². The maximum Gasteiger partial charge on any atom is 0.322 e. The molecule has 0 unspecified atom stereocenters. The summed E-state index contributed by atoms with van der Waals surface area (Å²) in [6.07, 6.45) is 0.187. The minimum absolute atomic E-state index is 0.0613. The lowest BCUT2D eigenvalue weighted by Gasteiger charge is -2.07. The monoisotopic (exact) mass is 175 g/mol. The second-order valence-electron chi connectivity index (χ2n) is 2.29. The highest BCUT2D eigenvalue weighted by Crippen LogP contribution is 1.78. The first-order valence-electron chi connectivity index (χ1n) is 3.53. The van der Waals surface area contributed by atoms with Crippen molar-refractivity contribution in [3.8, 4) is 0 Å². The molecule has 0 aromatic rings. The normalized spacial score (nSPS) is 12.2. The number of hydrogen-bond donors (Lipinski definition) is 4. The summed E-state index contributed by atoms with van der Waals surface area (Å²) in [4.78, 5) is 20.9. The zero-order valence-electron chi connectivity index (χ0n) is 6.62. The van der Waals surface area contributed by atoms with Crippen LogP contribution in [0.25, 0.3) is 0 Å². The molecule has 6 nitrogen and oxygen atoms in total. The number of aliphatic carboxylic acids is 1. The molecular formula is C6H13N3O3. The van der Waals surface area contributed by atoms with Crippen molar-refractivity contribution in [3.63, 3.8) is 0 Å². The zero-order chi connectivity index (χ0) is 9.56. The van der Waals surface area contributed by atoms with Gasteiger partial charge in [0.15, 0.2) is 0 Å². The first-order chi connectivity index (χ1) is 5.57. The number of nitrogens with two attached hydrogens (primary N) is 2. The second kappa shape index (κ2) is 5.50. The maximum atomic E-state index is 10.7. The molecule has 6 N–H and O–H groups in total. The van der Waals surface area contributed by atoms with Crippen molar-refractivity contribution in [2.75, 3.05) is 13.1 Å². The first-order valence-corrected chi connectivity index (χ1v) is 3.53. The molecule has 0 heterocycles. The molecular weight excluding hydrogens is 162 g/mol. The van der Waals surface area contributed by atoms with Crippen LogP contribution in [0.3, 0.4) is 0 Å². The number of carbonyl (C=O) groups is 2. The fourth-order valence-corrected chi connectivity index (χ4v) is 0.531. The molecule has 0 saturated heterocycles. The molecule has 70 valence electrons. The minimum atomic E-state index is -1.14. The zero-order valence-corrected chi connectivity index (χ0v) is 6.62. The minimum Gasteiger partial charge on any atom is -0.480 e. The van der Waals surface area contributed by atoms with Gasteiger partial charge in [0.2, 0.25) is 5.91 Å². The molecule has 1 amide bonds. The van der Waals surface area contributed by atoms with Gasteiger partial charge in [0.1, 0.15) is 6.04 Å². The van der Waals surface area contributed by atoms with Crippen LogP contribution in [-0.4, -0.2) is 36.1 Å². The van der Waals surface area contributed by atoms with Crippen LogP contribution in [0.15, 0.2) is 0 Å². The number of carbonyl (C=O) groups excluding carboxylic acids is 1. The van der Waals surface area contributed by atoms with E-state index in [0.717, 1.165) is 0 Å². The predicted octanol–water partition coefficient (Wildman–Crippen LogP) is -2.14. The van der Waals surface area contributed by atoms with Crippen LogP contribution < -0.4 is 16.8 Å². The number of nitrogens with one attached hydrogen (secondary N) is 1. The molecule has 1 atom stereocenters. The summed E-state index contributed by atoms with van der Waals surface area (Å²) in [6.45, 7) is 0.183. The molecule has 0 rings (SSSR count). The Morgan fingerprint density at radius 2 is 2.08 bits per heavy atom. The van der Waals surface area contributed by atoms with E-state index in [9.17, 15) is 9.59 Å². The average molecular weight is 175 g/mol. The summed E-state index contributed by atoms with van der Waals surface area (Å²) in [5.74, 6) is -1.42. The van der Waals surface area contributed by atoms with Crippen LogP contribution in [0.4, 0.5) is 0 Å². The SMILES string of the molecule is NCCC(=O)NC[C@H](N)C(=O)O. The molecule has 0 saturated carbocycles. The third-order valence-electron chi connectivity index (χ3n) is 1.21. The van der Waals surface area contributed by atoms with E-state index in [1.807, 2.05) is 0 Å². The lowest BCUT2D eigenvalue weighted by atomic mass is 10.3. The molecule has 6 heteroatoms. The summed E-state index contributed by atoms with van der Waals surface area (Å²) >= 11 is 0. The third kappa shape index (κ3) is 4.64. The molecule has 0 aliphatic heterocycles. The maximum absolute atomic E-state index is 10.7. The lowest BCUT2D eigenvalue weighted by molar-refractivity contribution is -0.138. The van der Waals surface area contributed by atoms with Gasteiger partial charge in [-0.2, -0.15) is 0 Å². The number of carboxylic acid groups (broad SMARTS) is 1. The van der Waals surface area contributed by atoms with Gasteiger partial charge in [-0.25, -0.2) is 0 Å². The van der Waals surface area contributed by atoms with Gasteiger partial charge in [-0.1, -0.05) is 0 Å². The summed E-state index contributed by atoms with van der Waals surface area (Å²) in [6, 6.07) is -1.05. The number of rotatable bonds is 5. The van der Waals surface area contributed by atoms with Crippen LogP contribution in [0.2, 0.25) is 0 Å². The largest absolute Gasteiger partial charge is 0.480 e. The predicted molar refractivity (Wildman–Crippen MR) is 42.3 cm³/mol. The van der Waals surface area contributed by atoms with Crippen LogP contribution in [0.5, 0.6) is 0 Å². The molecule has 0 radical (unpaired) electrons. The van der Waals surface area contributed by atoms with E-state index in [0.29, 0.717) is 0 Å². The van der Waals surface area contributed by atoms with Crippen molar-refractivity contribution in [2.45, 2.75) is 12.5 Å². The van der Waals surface area contributed by atoms with Gasteiger partial charge < -0.3 is 21.9 Å². The van der Waals surface area contributed by atoms with Crippen molar-refractivity contribution in [1.82, 2.24) is 5.32 Å². The van der Waals surface area contributed by atoms with Crippen LogP contribution in [0, 0.1) is 0 Å². The Bertz CT molecular complexity index is 171. The lowest BCUT2D eigenvalue weighted by Crippen LogP contribution is -2.42. The fraction of sp³-hybridized carbons (Fsp3) is 0.667. The Hall–Kier alpha value is -1.14. The van der Waals surface area contributed by atoms with E-state index >= 15 is 0 Å². The quantitative estimate of drug-likeness (QED) is 0.380. The van der Waals surface area contributed by atoms with Crippen molar-refractivity contribution in [2.24, 2.45) is 11.5 Å². The third-order valence-corrected chi connectivity index (χ3v) is 1.21. The van der Waals surface area contributed by atoms with Gasteiger partial charge in [-0.3, -0.25) is 9.59 Å². The van der Waals surface area contributed by atoms with E-state index in [1.54, 1.807) is 0 Å². The topological polar surface area (TPSA) is 118 Å². The molecule has 12 heavy (non-hydrogen) atoms. The summed E-state index contributed by atoms with van der Waals surface area (Å²) in [5.41, 5.74) is 10.2. The van der Waals surface area contributed by atoms with Crippen LogP contribution in [-0.2, 0) is 9.59 Å². The highest BCUT2D eigenvalue weighted by atomic mass is 16.4. The molecule has 0 aromatic carbocycles. The Kier molecular flexibility index (Phi) is 4.98. The number of amides is 1. The summed E-state index contributed by atoms with van der Waals surface area (Å²) in [5, 5.41) is 10.7. The Morgan fingerprint density at radius 3 is 2.50 bits per heavy atom. The molecule has 0 bridgehead atoms. The molecule has 0 aliphatic rings. The molecule has 0 aromatic heterocycles. The van der Waals surface area contributed by atoms with E-state index in [1.165, 1.54) is 0 Å². The van der Waals surface area contributed by atoms with Crippen molar-refractivity contribution < 1.29 is 14.7 Å². The Labute approximate surface area is 69.9 Å². The summed E-state index contributed by atoms with van der Waals surface area (Å²) in [7, 11) is 0.